The second-order valence-electron chi connectivity index (χ2n) is 7.49. The predicted octanol–water partition coefficient (Wildman–Crippen LogP) is 2.93. The number of nitrogens with one attached hydrogen (secondary N) is 1. The zero-order valence-corrected chi connectivity index (χ0v) is 17.1. The van der Waals surface area contributed by atoms with E-state index in [1.807, 2.05) is 57.2 Å². The van der Waals surface area contributed by atoms with Crippen LogP contribution < -0.4 is 14.8 Å². The molecule has 0 unspecified atom stereocenters. The Kier molecular flexibility index (Phi) is 6.52. The van der Waals surface area contributed by atoms with Gasteiger partial charge in [0.25, 0.3) is 0 Å². The largest absolute Gasteiger partial charge is 0.491 e. The molecule has 150 valence electrons. The Bertz CT molecular complexity index is 799. The van der Waals surface area contributed by atoms with Crippen LogP contribution in [0.15, 0.2) is 36.4 Å². The normalized spacial score (nSPS) is 14.6. The fraction of sp³-hybridized carbons (Fsp3) is 0.455. The summed E-state index contributed by atoms with van der Waals surface area (Å²) in [5, 5.41) is 2.70. The van der Waals surface area contributed by atoms with Crippen LogP contribution in [0.5, 0.6) is 11.5 Å². The summed E-state index contributed by atoms with van der Waals surface area (Å²) in [6.45, 7) is 8.80. The number of carbonyl (C=O) groups is 1. The topological polar surface area (TPSA) is 63.7 Å². The molecule has 0 radical (unpaired) electrons. The summed E-state index contributed by atoms with van der Waals surface area (Å²) in [4.78, 5) is 18.5. The second kappa shape index (κ2) is 9.06. The van der Waals surface area contributed by atoms with Crippen LogP contribution in [-0.4, -0.2) is 42.0 Å². The number of likely N-dealkylation sites (tertiary alicyclic amines) is 1. The number of aromatic nitrogens is 1. The number of hydrogen-bond donors (Lipinski definition) is 1. The van der Waals surface area contributed by atoms with Crippen LogP contribution in [-0.2, 0) is 17.9 Å². The molecule has 0 spiro atoms. The molecule has 1 aromatic carbocycles. The number of pyridine rings is 1. The molecule has 0 aliphatic carbocycles. The Morgan fingerprint density at radius 2 is 1.93 bits per heavy atom. The van der Waals surface area contributed by atoms with Crippen LogP contribution in [0.1, 0.15) is 30.8 Å². The average Bonchev–Trinajstić information content (AvgIpc) is 2.64. The molecule has 0 saturated carbocycles. The smallest absolute Gasteiger partial charge is 0.225 e. The van der Waals surface area contributed by atoms with Crippen LogP contribution in [0.25, 0.3) is 0 Å². The summed E-state index contributed by atoms with van der Waals surface area (Å²) in [6, 6.07) is 11.9. The van der Waals surface area contributed by atoms with Crippen LogP contribution in [0, 0.1) is 12.8 Å². The highest BCUT2D eigenvalue weighted by Gasteiger charge is 2.31. The number of benzene rings is 1. The number of carbonyl (C=O) groups excluding carboxylic acids is 1. The lowest BCUT2D eigenvalue weighted by atomic mass is 9.99. The molecule has 1 saturated heterocycles. The lowest BCUT2D eigenvalue weighted by molar-refractivity contribution is -0.129. The Morgan fingerprint density at radius 1 is 1.21 bits per heavy atom. The van der Waals surface area contributed by atoms with Crippen molar-refractivity contribution in [1.29, 1.82) is 0 Å². The molecular formula is C22H29N3O3. The standard InChI is InChI=1S/C22H29N3O3/c1-15(2)28-20-8-5-17(6-9-20)14-27-21-10-7-19(24-16(21)3)13-25-11-18(12-25)22(26)23-4/h5-10,15,18H,11-14H2,1-4H3,(H,23,26). The van der Waals surface area contributed by atoms with Gasteiger partial charge in [0, 0.05) is 26.7 Å². The van der Waals surface area contributed by atoms with Crippen molar-refractivity contribution in [3.63, 3.8) is 0 Å². The first kappa shape index (κ1) is 20.1. The minimum absolute atomic E-state index is 0.103. The van der Waals surface area contributed by atoms with Gasteiger partial charge in [0.15, 0.2) is 0 Å². The monoisotopic (exact) mass is 383 g/mol. The van der Waals surface area contributed by atoms with E-state index in [-0.39, 0.29) is 17.9 Å². The van der Waals surface area contributed by atoms with E-state index in [0.29, 0.717) is 6.61 Å². The van der Waals surface area contributed by atoms with Gasteiger partial charge in [0.2, 0.25) is 5.91 Å². The van der Waals surface area contributed by atoms with Crippen molar-refractivity contribution in [1.82, 2.24) is 15.2 Å². The minimum atomic E-state index is 0.103. The van der Waals surface area contributed by atoms with Crippen molar-refractivity contribution in [2.45, 2.75) is 40.0 Å². The third-order valence-electron chi connectivity index (χ3n) is 4.74. The SMILES string of the molecule is CNC(=O)C1CN(Cc2ccc(OCc3ccc(OC(C)C)cc3)c(C)n2)C1. The maximum Gasteiger partial charge on any atom is 0.225 e. The van der Waals surface area contributed by atoms with Crippen molar-refractivity contribution in [2.24, 2.45) is 5.92 Å². The van der Waals surface area contributed by atoms with E-state index in [2.05, 4.69) is 15.2 Å². The summed E-state index contributed by atoms with van der Waals surface area (Å²) in [6.07, 6.45) is 0.167. The molecule has 1 aliphatic heterocycles. The Morgan fingerprint density at radius 3 is 2.54 bits per heavy atom. The van der Waals surface area contributed by atoms with E-state index in [1.54, 1.807) is 7.05 Å². The van der Waals surface area contributed by atoms with Crippen molar-refractivity contribution >= 4 is 5.91 Å². The first-order chi connectivity index (χ1) is 13.4. The minimum Gasteiger partial charge on any atom is -0.491 e. The van der Waals surface area contributed by atoms with E-state index in [0.717, 1.165) is 48.1 Å². The third kappa shape index (κ3) is 5.23. The van der Waals surface area contributed by atoms with Crippen LogP contribution in [0.3, 0.4) is 0 Å². The van der Waals surface area contributed by atoms with Gasteiger partial charge in [-0.2, -0.15) is 0 Å². The van der Waals surface area contributed by atoms with E-state index in [9.17, 15) is 4.79 Å². The van der Waals surface area contributed by atoms with Gasteiger partial charge >= 0.3 is 0 Å². The molecule has 1 aromatic heterocycles. The lowest BCUT2D eigenvalue weighted by Gasteiger charge is -2.37. The maximum absolute atomic E-state index is 11.6. The predicted molar refractivity (Wildman–Crippen MR) is 108 cm³/mol. The van der Waals surface area contributed by atoms with Gasteiger partial charge < -0.3 is 14.8 Å². The lowest BCUT2D eigenvalue weighted by Crippen LogP contribution is -2.52. The quantitative estimate of drug-likeness (QED) is 0.759. The number of ether oxygens (including phenoxy) is 2. The van der Waals surface area contributed by atoms with E-state index in [4.69, 9.17) is 9.47 Å². The number of rotatable bonds is 8. The molecule has 0 atom stereocenters. The molecular weight excluding hydrogens is 354 g/mol. The van der Waals surface area contributed by atoms with E-state index < -0.39 is 0 Å². The Labute approximate surface area is 166 Å². The molecule has 1 aliphatic rings. The van der Waals surface area contributed by atoms with Crippen molar-refractivity contribution < 1.29 is 14.3 Å². The van der Waals surface area contributed by atoms with Crippen molar-refractivity contribution in [3.8, 4) is 11.5 Å². The molecule has 1 fully saturated rings. The summed E-state index contributed by atoms with van der Waals surface area (Å²) < 4.78 is 11.6. The van der Waals surface area contributed by atoms with Crippen LogP contribution >= 0.6 is 0 Å². The molecule has 6 heteroatoms. The first-order valence-corrected chi connectivity index (χ1v) is 9.73. The summed E-state index contributed by atoms with van der Waals surface area (Å²) >= 11 is 0. The second-order valence-corrected chi connectivity index (χ2v) is 7.49. The third-order valence-corrected chi connectivity index (χ3v) is 4.74. The summed E-state index contributed by atoms with van der Waals surface area (Å²) in [5.74, 6) is 1.88. The summed E-state index contributed by atoms with van der Waals surface area (Å²) in [5.41, 5.74) is 2.96. The van der Waals surface area contributed by atoms with Crippen molar-refractivity contribution in [3.05, 3.63) is 53.3 Å². The molecule has 3 rings (SSSR count). The van der Waals surface area contributed by atoms with Crippen LogP contribution in [0.4, 0.5) is 0 Å². The number of amides is 1. The molecule has 2 aromatic rings. The molecule has 2 heterocycles. The van der Waals surface area contributed by atoms with Gasteiger partial charge in [-0.1, -0.05) is 12.1 Å². The molecule has 6 nitrogen and oxygen atoms in total. The van der Waals surface area contributed by atoms with Crippen LogP contribution in [0.2, 0.25) is 0 Å². The maximum atomic E-state index is 11.6. The van der Waals surface area contributed by atoms with Gasteiger partial charge in [-0.15, -0.1) is 0 Å². The summed E-state index contributed by atoms with van der Waals surface area (Å²) in [7, 11) is 1.68. The average molecular weight is 383 g/mol. The highest BCUT2D eigenvalue weighted by molar-refractivity contribution is 5.79. The highest BCUT2D eigenvalue weighted by Crippen LogP contribution is 2.22. The van der Waals surface area contributed by atoms with Gasteiger partial charge in [0.05, 0.1) is 23.4 Å². The van der Waals surface area contributed by atoms with Gasteiger partial charge in [0.1, 0.15) is 18.1 Å². The number of aryl methyl sites for hydroxylation is 1. The fourth-order valence-corrected chi connectivity index (χ4v) is 3.24. The first-order valence-electron chi connectivity index (χ1n) is 9.73. The Hall–Kier alpha value is -2.60. The van der Waals surface area contributed by atoms with Crippen molar-refractivity contribution in [2.75, 3.05) is 20.1 Å². The van der Waals surface area contributed by atoms with Gasteiger partial charge in [-0.25, -0.2) is 0 Å². The number of hydrogen-bond acceptors (Lipinski definition) is 5. The molecule has 1 amide bonds. The zero-order valence-electron chi connectivity index (χ0n) is 17.1. The Balaban J connectivity index is 1.50. The van der Waals surface area contributed by atoms with E-state index >= 15 is 0 Å². The zero-order chi connectivity index (χ0) is 20.1. The van der Waals surface area contributed by atoms with Gasteiger partial charge in [-0.05, 0) is 50.6 Å². The molecule has 28 heavy (non-hydrogen) atoms. The molecule has 0 bridgehead atoms. The highest BCUT2D eigenvalue weighted by atomic mass is 16.5. The molecule has 1 N–H and O–H groups in total. The van der Waals surface area contributed by atoms with E-state index in [1.165, 1.54) is 0 Å². The van der Waals surface area contributed by atoms with Gasteiger partial charge in [-0.3, -0.25) is 14.7 Å². The number of nitrogens with zero attached hydrogens (tertiary/aromatic N) is 2. The fourth-order valence-electron chi connectivity index (χ4n) is 3.24.